The molecule has 2 rings (SSSR count). The highest BCUT2D eigenvalue weighted by molar-refractivity contribution is 5.93. The van der Waals surface area contributed by atoms with Crippen molar-refractivity contribution in [3.05, 3.63) is 29.8 Å². The van der Waals surface area contributed by atoms with Gasteiger partial charge in [0, 0.05) is 11.7 Å². The zero-order valence-corrected chi connectivity index (χ0v) is 17.9. The van der Waals surface area contributed by atoms with Gasteiger partial charge in [-0.25, -0.2) is 9.59 Å². The van der Waals surface area contributed by atoms with Crippen LogP contribution in [-0.4, -0.2) is 35.7 Å². The average molecular weight is 405 g/mol. The molecule has 29 heavy (non-hydrogen) atoms. The Balaban J connectivity index is 1.86. The van der Waals surface area contributed by atoms with Crippen LogP contribution in [0.25, 0.3) is 0 Å². The molecule has 1 saturated carbocycles. The van der Waals surface area contributed by atoms with E-state index >= 15 is 0 Å². The highest BCUT2D eigenvalue weighted by atomic mass is 16.6. The molecule has 0 unspecified atom stereocenters. The Morgan fingerprint density at radius 2 is 1.69 bits per heavy atom. The van der Waals surface area contributed by atoms with Gasteiger partial charge in [0.1, 0.15) is 5.60 Å². The third-order valence-corrected chi connectivity index (χ3v) is 4.86. The molecule has 0 saturated heterocycles. The number of rotatable bonds is 5. The summed E-state index contributed by atoms with van der Waals surface area (Å²) >= 11 is 0. The smallest absolute Gasteiger partial charge is 0.412 e. The minimum atomic E-state index is -0.879. The Kier molecular flexibility index (Phi) is 7.65. The second-order valence-electron chi connectivity index (χ2n) is 8.63. The Morgan fingerprint density at radius 1 is 1.07 bits per heavy atom. The number of hydrogen-bond acceptors (Lipinski definition) is 5. The van der Waals surface area contributed by atoms with E-state index in [1.807, 2.05) is 0 Å². The van der Waals surface area contributed by atoms with Gasteiger partial charge in [-0.2, -0.15) is 0 Å². The molecule has 0 aliphatic heterocycles. The molecule has 1 aliphatic carbocycles. The number of carbonyl (C=O) groups excluding carboxylic acids is 3. The third-order valence-electron chi connectivity index (χ3n) is 4.86. The summed E-state index contributed by atoms with van der Waals surface area (Å²) in [4.78, 5) is 36.5. The highest BCUT2D eigenvalue weighted by Gasteiger charge is 2.26. The summed E-state index contributed by atoms with van der Waals surface area (Å²) in [5, 5.41) is 5.59. The summed E-state index contributed by atoms with van der Waals surface area (Å²) < 4.78 is 10.5. The lowest BCUT2D eigenvalue weighted by Crippen LogP contribution is -2.45. The van der Waals surface area contributed by atoms with E-state index < -0.39 is 23.8 Å². The van der Waals surface area contributed by atoms with E-state index in [9.17, 15) is 14.4 Å². The van der Waals surface area contributed by atoms with Gasteiger partial charge in [0.15, 0.2) is 6.10 Å². The van der Waals surface area contributed by atoms with Crippen molar-refractivity contribution in [2.45, 2.75) is 78.0 Å². The first-order chi connectivity index (χ1) is 13.5. The van der Waals surface area contributed by atoms with Crippen molar-refractivity contribution >= 4 is 23.7 Å². The normalized spacial score (nSPS) is 20.3. The summed E-state index contributed by atoms with van der Waals surface area (Å²) in [6.45, 7) is 9.03. The number of nitrogens with one attached hydrogen (secondary N) is 2. The van der Waals surface area contributed by atoms with E-state index in [-0.39, 0.29) is 11.9 Å². The van der Waals surface area contributed by atoms with Crippen molar-refractivity contribution in [3.63, 3.8) is 0 Å². The van der Waals surface area contributed by atoms with E-state index in [0.717, 1.165) is 19.3 Å². The largest absolute Gasteiger partial charge is 0.449 e. The second-order valence-corrected chi connectivity index (χ2v) is 8.63. The fourth-order valence-electron chi connectivity index (χ4n) is 3.22. The van der Waals surface area contributed by atoms with Gasteiger partial charge in [-0.05, 0) is 70.7 Å². The maximum Gasteiger partial charge on any atom is 0.412 e. The first kappa shape index (κ1) is 22.7. The molecule has 0 spiro atoms. The number of benzene rings is 1. The van der Waals surface area contributed by atoms with E-state index in [1.165, 1.54) is 18.6 Å². The molecule has 2 N–H and O–H groups in total. The summed E-state index contributed by atoms with van der Waals surface area (Å²) in [6, 6.07) is 6.35. The molecule has 0 aromatic heterocycles. The van der Waals surface area contributed by atoms with Gasteiger partial charge >= 0.3 is 12.1 Å². The average Bonchev–Trinajstić information content (AvgIpc) is 2.62. The lowest BCUT2D eigenvalue weighted by molar-refractivity contribution is -0.130. The van der Waals surface area contributed by atoms with Gasteiger partial charge in [0.05, 0.1) is 5.56 Å². The fourth-order valence-corrected chi connectivity index (χ4v) is 3.22. The number of amides is 2. The van der Waals surface area contributed by atoms with E-state index in [4.69, 9.17) is 9.47 Å². The van der Waals surface area contributed by atoms with Crippen LogP contribution in [0.15, 0.2) is 24.3 Å². The van der Waals surface area contributed by atoms with Crippen molar-refractivity contribution in [2.24, 2.45) is 5.92 Å². The van der Waals surface area contributed by atoms with Crippen LogP contribution in [0.1, 0.15) is 70.7 Å². The van der Waals surface area contributed by atoms with E-state index in [2.05, 4.69) is 17.6 Å². The fraction of sp³-hybridized carbons (Fsp3) is 0.591. The molecule has 2 amide bonds. The second kappa shape index (κ2) is 9.76. The third kappa shape index (κ3) is 7.40. The molecule has 0 bridgehead atoms. The zero-order valence-electron chi connectivity index (χ0n) is 17.9. The Morgan fingerprint density at radius 3 is 2.28 bits per heavy atom. The van der Waals surface area contributed by atoms with Crippen molar-refractivity contribution in [3.8, 4) is 0 Å². The van der Waals surface area contributed by atoms with Crippen LogP contribution in [0.3, 0.4) is 0 Å². The molecule has 1 aromatic rings. The number of hydrogen-bond donors (Lipinski definition) is 2. The number of anilines is 1. The van der Waals surface area contributed by atoms with Crippen LogP contribution in [0, 0.1) is 5.92 Å². The van der Waals surface area contributed by atoms with Crippen LogP contribution in [0.4, 0.5) is 10.5 Å². The molecular formula is C22H32N2O5. The van der Waals surface area contributed by atoms with Crippen LogP contribution in [0.5, 0.6) is 0 Å². The van der Waals surface area contributed by atoms with Crippen LogP contribution in [0.2, 0.25) is 0 Å². The van der Waals surface area contributed by atoms with Crippen molar-refractivity contribution < 1.29 is 23.9 Å². The predicted octanol–water partition coefficient (Wildman–Crippen LogP) is 4.27. The van der Waals surface area contributed by atoms with Crippen LogP contribution in [-0.2, 0) is 14.3 Å². The maximum atomic E-state index is 12.4. The summed E-state index contributed by atoms with van der Waals surface area (Å²) in [6.07, 6.45) is 2.90. The molecule has 160 valence electrons. The van der Waals surface area contributed by atoms with E-state index in [0.29, 0.717) is 17.2 Å². The molecule has 1 aliphatic rings. The highest BCUT2D eigenvalue weighted by Crippen LogP contribution is 2.24. The van der Waals surface area contributed by atoms with Crippen molar-refractivity contribution in [1.82, 2.24) is 5.32 Å². The van der Waals surface area contributed by atoms with Crippen molar-refractivity contribution in [1.29, 1.82) is 0 Å². The standard InChI is InChI=1S/C22H32N2O5/c1-14-8-6-7-9-18(14)24-19(25)15(2)28-20(26)16-10-12-17(13-11-16)23-21(27)29-22(3,4)5/h10-15,18H,6-9H2,1-5H3,(H,23,27)(H,24,25)/t14-,15+,18-/m0/s1. The van der Waals surface area contributed by atoms with Gasteiger partial charge in [-0.15, -0.1) is 0 Å². The first-order valence-electron chi connectivity index (χ1n) is 10.2. The minimum absolute atomic E-state index is 0.135. The Hall–Kier alpha value is -2.57. The molecular weight excluding hydrogens is 372 g/mol. The van der Waals surface area contributed by atoms with Gasteiger partial charge < -0.3 is 14.8 Å². The Bertz CT molecular complexity index is 724. The maximum absolute atomic E-state index is 12.4. The minimum Gasteiger partial charge on any atom is -0.449 e. The van der Waals surface area contributed by atoms with Gasteiger partial charge in [0.25, 0.3) is 5.91 Å². The van der Waals surface area contributed by atoms with Gasteiger partial charge in [0.2, 0.25) is 0 Å². The number of ether oxygens (including phenoxy) is 2. The van der Waals surface area contributed by atoms with Crippen molar-refractivity contribution in [2.75, 3.05) is 5.32 Å². The van der Waals surface area contributed by atoms with Gasteiger partial charge in [-0.3, -0.25) is 10.1 Å². The summed E-state index contributed by atoms with van der Waals surface area (Å²) in [5.74, 6) is -0.436. The van der Waals surface area contributed by atoms with Gasteiger partial charge in [-0.1, -0.05) is 19.8 Å². The SMILES string of the molecule is C[C@@H](OC(=O)c1ccc(NC(=O)OC(C)(C)C)cc1)C(=O)N[C@H]1CCCC[C@@H]1C. The lowest BCUT2D eigenvalue weighted by atomic mass is 9.86. The first-order valence-corrected chi connectivity index (χ1v) is 10.2. The van der Waals surface area contributed by atoms with Crippen LogP contribution < -0.4 is 10.6 Å². The topological polar surface area (TPSA) is 93.7 Å². The lowest BCUT2D eigenvalue weighted by Gasteiger charge is -2.30. The molecule has 0 heterocycles. The monoisotopic (exact) mass is 404 g/mol. The summed E-state index contributed by atoms with van der Waals surface area (Å²) in [7, 11) is 0. The molecule has 1 fully saturated rings. The van der Waals surface area contributed by atoms with Crippen LogP contribution >= 0.6 is 0 Å². The molecule has 0 radical (unpaired) electrons. The molecule has 7 nitrogen and oxygen atoms in total. The zero-order chi connectivity index (χ0) is 21.6. The predicted molar refractivity (Wildman–Crippen MR) is 111 cm³/mol. The van der Waals surface area contributed by atoms with E-state index in [1.54, 1.807) is 39.8 Å². The molecule has 3 atom stereocenters. The number of esters is 1. The quantitative estimate of drug-likeness (QED) is 0.715. The molecule has 1 aromatic carbocycles. The number of carbonyl (C=O) groups is 3. The summed E-state index contributed by atoms with van der Waals surface area (Å²) in [5.41, 5.74) is 0.193. The molecule has 7 heteroatoms. The Labute approximate surface area is 172 Å².